The molecular weight excluding hydrogens is 354 g/mol. The second-order valence-electron chi connectivity index (χ2n) is 7.17. The summed E-state index contributed by atoms with van der Waals surface area (Å²) in [4.78, 5) is 24.2. The van der Waals surface area contributed by atoms with Gasteiger partial charge in [-0.1, -0.05) is 58.3 Å². The van der Waals surface area contributed by atoms with E-state index in [9.17, 15) is 9.59 Å². The number of ether oxygens (including phenoxy) is 2. The Labute approximate surface area is 170 Å². The van der Waals surface area contributed by atoms with Crippen LogP contribution in [0.25, 0.3) is 0 Å². The van der Waals surface area contributed by atoms with E-state index in [1.54, 1.807) is 14.0 Å². The summed E-state index contributed by atoms with van der Waals surface area (Å²) in [5.74, 6) is -0.0414. The first kappa shape index (κ1) is 24.0. The average molecular weight is 392 g/mol. The minimum atomic E-state index is -0.671. The number of benzene rings is 1. The van der Waals surface area contributed by atoms with Crippen LogP contribution in [0.5, 0.6) is 5.75 Å². The Balaban J connectivity index is 2.57. The number of nitrogens with one attached hydrogen (secondary N) is 1. The number of hydrogen-bond acceptors (Lipinski definition) is 5. The molecule has 1 N–H and O–H groups in total. The minimum Gasteiger partial charge on any atom is -0.497 e. The monoisotopic (exact) mass is 391 g/mol. The number of carbonyl (C=O) groups excluding carboxylic acids is 2. The van der Waals surface area contributed by atoms with Crippen molar-refractivity contribution in [2.24, 2.45) is 5.92 Å². The molecule has 2 atom stereocenters. The maximum Gasteiger partial charge on any atom is 0.329 e. The molecule has 0 aromatic heterocycles. The van der Waals surface area contributed by atoms with Crippen LogP contribution < -0.4 is 10.1 Å². The molecule has 0 bridgehead atoms. The number of anilines is 1. The first-order valence-corrected chi connectivity index (χ1v) is 10.7. The molecule has 0 aliphatic heterocycles. The lowest BCUT2D eigenvalue weighted by Crippen LogP contribution is -2.39. The van der Waals surface area contributed by atoms with Crippen molar-refractivity contribution in [2.45, 2.75) is 77.7 Å². The number of aldehydes is 1. The maximum absolute atomic E-state index is 12.4. The zero-order chi connectivity index (χ0) is 20.6. The van der Waals surface area contributed by atoms with Crippen LogP contribution in [0.15, 0.2) is 24.3 Å². The van der Waals surface area contributed by atoms with Gasteiger partial charge in [0.25, 0.3) is 0 Å². The molecule has 1 aromatic carbocycles. The van der Waals surface area contributed by atoms with Crippen LogP contribution in [0.1, 0.15) is 71.6 Å². The summed E-state index contributed by atoms with van der Waals surface area (Å²) < 4.78 is 10.4. The van der Waals surface area contributed by atoms with Crippen molar-refractivity contribution in [3.63, 3.8) is 0 Å². The van der Waals surface area contributed by atoms with E-state index in [0.29, 0.717) is 13.0 Å². The number of methoxy groups -OCH3 is 1. The molecular formula is C23H37NO4. The van der Waals surface area contributed by atoms with Gasteiger partial charge in [0.05, 0.1) is 13.7 Å². The molecule has 28 heavy (non-hydrogen) atoms. The lowest BCUT2D eigenvalue weighted by molar-refractivity contribution is -0.146. The Morgan fingerprint density at radius 3 is 2.14 bits per heavy atom. The molecule has 0 aliphatic rings. The molecule has 0 amide bonds. The van der Waals surface area contributed by atoms with E-state index < -0.39 is 12.0 Å². The van der Waals surface area contributed by atoms with Crippen LogP contribution in [0, 0.1) is 5.92 Å². The van der Waals surface area contributed by atoms with Crippen molar-refractivity contribution < 1.29 is 19.1 Å². The van der Waals surface area contributed by atoms with E-state index in [4.69, 9.17) is 9.47 Å². The van der Waals surface area contributed by atoms with Gasteiger partial charge in [0, 0.05) is 11.6 Å². The summed E-state index contributed by atoms with van der Waals surface area (Å²) in [6, 6.07) is 6.64. The van der Waals surface area contributed by atoms with Gasteiger partial charge in [-0.25, -0.2) is 4.79 Å². The van der Waals surface area contributed by atoms with Crippen LogP contribution in [0.2, 0.25) is 0 Å². The van der Waals surface area contributed by atoms with Gasteiger partial charge in [-0.15, -0.1) is 0 Å². The molecule has 158 valence electrons. The fraction of sp³-hybridized carbons (Fsp3) is 0.652. The Morgan fingerprint density at radius 2 is 1.61 bits per heavy atom. The van der Waals surface area contributed by atoms with E-state index >= 15 is 0 Å². The predicted octanol–water partition coefficient (Wildman–Crippen LogP) is 5.38. The Bertz CT molecular complexity index is 544. The van der Waals surface area contributed by atoms with Gasteiger partial charge in [0.15, 0.2) is 0 Å². The van der Waals surface area contributed by atoms with Gasteiger partial charge in [-0.3, -0.25) is 0 Å². The summed E-state index contributed by atoms with van der Waals surface area (Å²) in [5, 5.41) is 3.18. The number of carbonyl (C=O) groups is 2. The lowest BCUT2D eigenvalue weighted by Gasteiger charge is -2.23. The topological polar surface area (TPSA) is 64.6 Å². The first-order chi connectivity index (χ1) is 13.7. The van der Waals surface area contributed by atoms with E-state index in [2.05, 4.69) is 12.2 Å². The summed E-state index contributed by atoms with van der Waals surface area (Å²) in [7, 11) is 1.61. The molecule has 1 rings (SSSR count). The highest BCUT2D eigenvalue weighted by atomic mass is 16.5. The Morgan fingerprint density at radius 1 is 1.00 bits per heavy atom. The molecule has 0 saturated carbocycles. The van der Waals surface area contributed by atoms with Crippen LogP contribution in [-0.4, -0.2) is 32.0 Å². The van der Waals surface area contributed by atoms with Gasteiger partial charge in [-0.05, 0) is 37.6 Å². The molecule has 0 fully saturated rings. The van der Waals surface area contributed by atoms with Crippen molar-refractivity contribution in [1.82, 2.24) is 0 Å². The third-order valence-electron chi connectivity index (χ3n) is 4.95. The molecule has 1 aromatic rings. The van der Waals surface area contributed by atoms with Gasteiger partial charge in [0.2, 0.25) is 0 Å². The highest BCUT2D eigenvalue weighted by Crippen LogP contribution is 2.21. The van der Waals surface area contributed by atoms with Gasteiger partial charge in [-0.2, -0.15) is 0 Å². The standard InChI is InChI=1S/C23H37NO4/c1-4-6-7-8-9-10-11-12-13-19(18-25)22(23(26)28-5-2)24-20-14-16-21(27-3)17-15-20/h14-19,22,24H,4-13H2,1-3H3/t19-,22+/m1/s1. The second-order valence-corrected chi connectivity index (χ2v) is 7.17. The molecule has 0 saturated heterocycles. The zero-order valence-electron chi connectivity index (χ0n) is 17.7. The van der Waals surface area contributed by atoms with Crippen molar-refractivity contribution >= 4 is 17.9 Å². The fourth-order valence-corrected chi connectivity index (χ4v) is 3.27. The largest absolute Gasteiger partial charge is 0.497 e. The van der Waals surface area contributed by atoms with Gasteiger partial charge >= 0.3 is 5.97 Å². The van der Waals surface area contributed by atoms with Gasteiger partial charge < -0.3 is 19.6 Å². The smallest absolute Gasteiger partial charge is 0.329 e. The van der Waals surface area contributed by atoms with Crippen molar-refractivity contribution in [3.8, 4) is 5.75 Å². The second kappa shape index (κ2) is 14.9. The summed E-state index contributed by atoms with van der Waals surface area (Å²) in [5.41, 5.74) is 0.765. The van der Waals surface area contributed by atoms with Crippen molar-refractivity contribution in [1.29, 1.82) is 0 Å². The van der Waals surface area contributed by atoms with E-state index in [0.717, 1.165) is 30.6 Å². The van der Waals surface area contributed by atoms with Crippen molar-refractivity contribution in [3.05, 3.63) is 24.3 Å². The first-order valence-electron chi connectivity index (χ1n) is 10.7. The molecule has 0 radical (unpaired) electrons. The van der Waals surface area contributed by atoms with Crippen LogP contribution in [-0.2, 0) is 14.3 Å². The molecule has 0 unspecified atom stereocenters. The quantitative estimate of drug-likeness (QED) is 0.233. The summed E-state index contributed by atoms with van der Waals surface area (Å²) in [6.45, 7) is 4.29. The SMILES string of the molecule is CCCCCCCCCC[C@H](C=O)[C@H](Nc1ccc(OC)cc1)C(=O)OCC. The van der Waals surface area contributed by atoms with Crippen LogP contribution >= 0.6 is 0 Å². The van der Waals surface area contributed by atoms with E-state index in [1.807, 2.05) is 24.3 Å². The van der Waals surface area contributed by atoms with E-state index in [1.165, 1.54) is 38.5 Å². The van der Waals surface area contributed by atoms with E-state index in [-0.39, 0.29) is 5.97 Å². The normalized spacial score (nSPS) is 12.8. The Kier molecular flexibility index (Phi) is 12.8. The summed E-state index contributed by atoms with van der Waals surface area (Å²) >= 11 is 0. The molecule has 0 aliphatic carbocycles. The predicted molar refractivity (Wildman–Crippen MR) is 114 cm³/mol. The number of hydrogen-bond donors (Lipinski definition) is 1. The minimum absolute atomic E-state index is 0.295. The van der Waals surface area contributed by atoms with Gasteiger partial charge in [0.1, 0.15) is 18.1 Å². The van der Waals surface area contributed by atoms with Crippen molar-refractivity contribution in [2.75, 3.05) is 19.0 Å². The summed E-state index contributed by atoms with van der Waals surface area (Å²) in [6.07, 6.45) is 11.2. The van der Waals surface area contributed by atoms with Crippen LogP contribution in [0.4, 0.5) is 5.69 Å². The highest BCUT2D eigenvalue weighted by molar-refractivity contribution is 5.83. The third kappa shape index (κ3) is 9.25. The maximum atomic E-state index is 12.4. The number of rotatable bonds is 16. The van der Waals surface area contributed by atoms with Crippen LogP contribution in [0.3, 0.4) is 0 Å². The molecule has 5 heteroatoms. The molecule has 0 heterocycles. The lowest BCUT2D eigenvalue weighted by atomic mass is 9.93. The highest BCUT2D eigenvalue weighted by Gasteiger charge is 2.29. The average Bonchev–Trinajstić information content (AvgIpc) is 2.72. The number of unbranched alkanes of at least 4 members (excludes halogenated alkanes) is 7. The third-order valence-corrected chi connectivity index (χ3v) is 4.95. The molecule has 0 spiro atoms. The fourth-order valence-electron chi connectivity index (χ4n) is 3.27. The molecule has 5 nitrogen and oxygen atoms in total. The number of esters is 1. The zero-order valence-corrected chi connectivity index (χ0v) is 17.7. The Hall–Kier alpha value is -2.04.